The number of hydrogen-bond acceptors (Lipinski definition) is 4. The van der Waals surface area contributed by atoms with Gasteiger partial charge in [-0.2, -0.15) is 5.26 Å². The summed E-state index contributed by atoms with van der Waals surface area (Å²) in [6.07, 6.45) is 2.79. The van der Waals surface area contributed by atoms with Gasteiger partial charge in [0.05, 0.1) is 11.2 Å². The summed E-state index contributed by atoms with van der Waals surface area (Å²) < 4.78 is 0. The summed E-state index contributed by atoms with van der Waals surface area (Å²) in [6, 6.07) is 13.1. The first-order valence-electron chi connectivity index (χ1n) is 7.21. The van der Waals surface area contributed by atoms with Gasteiger partial charge >= 0.3 is 0 Å². The lowest BCUT2D eigenvalue weighted by Crippen LogP contribution is -2.43. The minimum Gasteiger partial charge on any atom is -0.385 e. The van der Waals surface area contributed by atoms with Crippen LogP contribution in [0.3, 0.4) is 0 Å². The Morgan fingerprint density at radius 3 is 2.59 bits per heavy atom. The van der Waals surface area contributed by atoms with Gasteiger partial charge in [0.1, 0.15) is 11.9 Å². The van der Waals surface area contributed by atoms with Gasteiger partial charge in [0.25, 0.3) is 0 Å². The molecular formula is C17H16ClN3O. The van der Waals surface area contributed by atoms with Gasteiger partial charge in [-0.15, -0.1) is 0 Å². The van der Waals surface area contributed by atoms with Crippen LogP contribution in [0, 0.1) is 11.3 Å². The summed E-state index contributed by atoms with van der Waals surface area (Å²) in [5, 5.41) is 20.7. The van der Waals surface area contributed by atoms with Crippen LogP contribution in [0.25, 0.3) is 0 Å². The molecule has 0 bridgehead atoms. The molecule has 1 N–H and O–H groups in total. The number of nitriles is 1. The van der Waals surface area contributed by atoms with Crippen molar-refractivity contribution in [3.63, 3.8) is 0 Å². The third-order valence-corrected chi connectivity index (χ3v) is 4.50. The van der Waals surface area contributed by atoms with Crippen molar-refractivity contribution in [2.24, 2.45) is 0 Å². The predicted molar refractivity (Wildman–Crippen MR) is 85.7 cm³/mol. The van der Waals surface area contributed by atoms with E-state index < -0.39 is 5.60 Å². The number of hydrogen-bond donors (Lipinski definition) is 1. The predicted octanol–water partition coefficient (Wildman–Crippen LogP) is 3.09. The number of halogens is 1. The van der Waals surface area contributed by atoms with Gasteiger partial charge in [-0.05, 0) is 31.0 Å². The standard InChI is InChI=1S/C17H16ClN3O/c18-15-6-2-1-5-14(15)17(22)7-10-21(11-8-17)16-13(12-19)4-3-9-20-16/h1-6,9,22H,7-8,10-11H2. The van der Waals surface area contributed by atoms with E-state index >= 15 is 0 Å². The van der Waals surface area contributed by atoms with Gasteiger partial charge in [0.2, 0.25) is 0 Å². The van der Waals surface area contributed by atoms with E-state index in [2.05, 4.69) is 11.1 Å². The summed E-state index contributed by atoms with van der Waals surface area (Å²) in [4.78, 5) is 6.35. The van der Waals surface area contributed by atoms with Crippen molar-refractivity contribution in [3.8, 4) is 6.07 Å². The Morgan fingerprint density at radius 1 is 1.18 bits per heavy atom. The zero-order valence-electron chi connectivity index (χ0n) is 12.0. The summed E-state index contributed by atoms with van der Waals surface area (Å²) in [7, 11) is 0. The van der Waals surface area contributed by atoms with Gasteiger partial charge in [0, 0.05) is 29.9 Å². The van der Waals surface area contributed by atoms with Crippen molar-refractivity contribution in [3.05, 3.63) is 58.7 Å². The number of benzene rings is 1. The number of pyridine rings is 1. The SMILES string of the molecule is N#Cc1cccnc1N1CCC(O)(c2ccccc2Cl)CC1. The van der Waals surface area contributed by atoms with E-state index in [0.29, 0.717) is 42.3 Å². The molecule has 1 aliphatic heterocycles. The largest absolute Gasteiger partial charge is 0.385 e. The highest BCUT2D eigenvalue weighted by atomic mass is 35.5. The van der Waals surface area contributed by atoms with Crippen LogP contribution in [-0.2, 0) is 5.60 Å². The van der Waals surface area contributed by atoms with E-state index in [1.54, 1.807) is 24.4 Å². The Hall–Kier alpha value is -2.09. The second kappa shape index (κ2) is 5.96. The van der Waals surface area contributed by atoms with Crippen LogP contribution >= 0.6 is 11.6 Å². The monoisotopic (exact) mass is 313 g/mol. The summed E-state index contributed by atoms with van der Waals surface area (Å²) in [6.45, 7) is 1.26. The van der Waals surface area contributed by atoms with Crippen LogP contribution in [0.2, 0.25) is 5.02 Å². The van der Waals surface area contributed by atoms with Gasteiger partial charge in [-0.1, -0.05) is 29.8 Å². The topological polar surface area (TPSA) is 60.2 Å². The molecule has 0 saturated carbocycles. The molecule has 0 spiro atoms. The quantitative estimate of drug-likeness (QED) is 0.925. The van der Waals surface area contributed by atoms with Crippen molar-refractivity contribution in [2.45, 2.75) is 18.4 Å². The molecule has 2 heterocycles. The minimum atomic E-state index is -0.920. The molecule has 5 heteroatoms. The van der Waals surface area contributed by atoms with Crippen LogP contribution < -0.4 is 4.90 Å². The molecule has 22 heavy (non-hydrogen) atoms. The molecule has 3 rings (SSSR count). The highest BCUT2D eigenvalue weighted by Crippen LogP contribution is 2.37. The zero-order valence-corrected chi connectivity index (χ0v) is 12.8. The molecule has 0 amide bonds. The lowest BCUT2D eigenvalue weighted by Gasteiger charge is -2.39. The Labute approximate surface area is 134 Å². The van der Waals surface area contributed by atoms with Crippen LogP contribution in [0.4, 0.5) is 5.82 Å². The Balaban J connectivity index is 1.81. The van der Waals surface area contributed by atoms with Crippen LogP contribution in [0.1, 0.15) is 24.0 Å². The molecule has 112 valence electrons. The second-order valence-corrected chi connectivity index (χ2v) is 5.89. The smallest absolute Gasteiger partial charge is 0.146 e. The Bertz CT molecular complexity index is 718. The first-order chi connectivity index (χ1) is 10.6. The van der Waals surface area contributed by atoms with Gasteiger partial charge in [-0.3, -0.25) is 0 Å². The third-order valence-electron chi connectivity index (χ3n) is 4.17. The number of anilines is 1. The molecule has 1 saturated heterocycles. The van der Waals surface area contributed by atoms with E-state index in [9.17, 15) is 10.4 Å². The van der Waals surface area contributed by atoms with Crippen LogP contribution in [0.5, 0.6) is 0 Å². The minimum absolute atomic E-state index is 0.554. The fourth-order valence-corrected chi connectivity index (χ4v) is 3.24. The van der Waals surface area contributed by atoms with Crippen molar-refractivity contribution in [1.82, 2.24) is 4.98 Å². The summed E-state index contributed by atoms with van der Waals surface area (Å²) in [5.41, 5.74) is 0.416. The van der Waals surface area contributed by atoms with Crippen LogP contribution in [0.15, 0.2) is 42.6 Å². The van der Waals surface area contributed by atoms with Crippen LogP contribution in [-0.4, -0.2) is 23.2 Å². The molecule has 1 aromatic heterocycles. The molecule has 0 unspecified atom stereocenters. The molecular weight excluding hydrogens is 298 g/mol. The van der Waals surface area contributed by atoms with E-state index in [-0.39, 0.29) is 0 Å². The molecule has 4 nitrogen and oxygen atoms in total. The number of aliphatic hydroxyl groups is 1. The summed E-state index contributed by atoms with van der Waals surface area (Å²) >= 11 is 6.22. The fourth-order valence-electron chi connectivity index (χ4n) is 2.93. The molecule has 1 aromatic carbocycles. The second-order valence-electron chi connectivity index (χ2n) is 5.48. The fraction of sp³-hybridized carbons (Fsp3) is 0.294. The first kappa shape index (κ1) is 14.8. The van der Waals surface area contributed by atoms with Gasteiger partial charge in [-0.25, -0.2) is 4.98 Å². The molecule has 2 aromatic rings. The number of nitrogens with zero attached hydrogens (tertiary/aromatic N) is 3. The van der Waals surface area contributed by atoms with Gasteiger partial charge < -0.3 is 10.0 Å². The van der Waals surface area contributed by atoms with Crippen molar-refractivity contribution >= 4 is 17.4 Å². The number of rotatable bonds is 2. The average molecular weight is 314 g/mol. The zero-order chi connectivity index (χ0) is 15.6. The maximum absolute atomic E-state index is 10.9. The van der Waals surface area contributed by atoms with E-state index in [1.807, 2.05) is 23.1 Å². The Kier molecular flexibility index (Phi) is 4.02. The lowest BCUT2D eigenvalue weighted by atomic mass is 9.84. The lowest BCUT2D eigenvalue weighted by molar-refractivity contribution is 0.0117. The van der Waals surface area contributed by atoms with Gasteiger partial charge in [0.15, 0.2) is 0 Å². The molecule has 0 radical (unpaired) electrons. The molecule has 1 fully saturated rings. The number of piperidine rings is 1. The Morgan fingerprint density at radius 2 is 1.91 bits per heavy atom. The van der Waals surface area contributed by atoms with Crippen molar-refractivity contribution < 1.29 is 5.11 Å². The molecule has 0 aliphatic carbocycles. The van der Waals surface area contributed by atoms with E-state index in [4.69, 9.17) is 11.6 Å². The molecule has 1 aliphatic rings. The maximum Gasteiger partial charge on any atom is 0.146 e. The van der Waals surface area contributed by atoms with E-state index in [0.717, 1.165) is 5.56 Å². The normalized spacial score (nSPS) is 17.0. The first-order valence-corrected chi connectivity index (χ1v) is 7.59. The highest BCUT2D eigenvalue weighted by Gasteiger charge is 2.36. The van der Waals surface area contributed by atoms with E-state index in [1.165, 1.54) is 0 Å². The molecule has 0 atom stereocenters. The average Bonchev–Trinajstić information content (AvgIpc) is 2.56. The number of aromatic nitrogens is 1. The highest BCUT2D eigenvalue weighted by molar-refractivity contribution is 6.31. The maximum atomic E-state index is 10.9. The third kappa shape index (κ3) is 2.66. The van der Waals surface area contributed by atoms with Crippen molar-refractivity contribution in [1.29, 1.82) is 5.26 Å². The summed E-state index contributed by atoms with van der Waals surface area (Å²) in [5.74, 6) is 0.686. The van der Waals surface area contributed by atoms with Crippen molar-refractivity contribution in [2.75, 3.05) is 18.0 Å².